The fourth-order valence-corrected chi connectivity index (χ4v) is 3.00. The predicted octanol–water partition coefficient (Wildman–Crippen LogP) is 3.34. The lowest BCUT2D eigenvalue weighted by Crippen LogP contribution is -2.43. The van der Waals surface area contributed by atoms with E-state index in [1.807, 2.05) is 6.07 Å². The molecule has 104 valence electrons. The van der Waals surface area contributed by atoms with Crippen LogP contribution in [0.25, 0.3) is 0 Å². The normalized spacial score (nSPS) is 21.3. The third-order valence-electron chi connectivity index (χ3n) is 3.61. The summed E-state index contributed by atoms with van der Waals surface area (Å²) in [6.07, 6.45) is 1.51. The lowest BCUT2D eigenvalue weighted by atomic mass is 9.93. The Balaban J connectivity index is 2.17. The summed E-state index contributed by atoms with van der Waals surface area (Å²) in [6, 6.07) is 5.36. The highest BCUT2D eigenvalue weighted by atomic mass is 79.9. The Morgan fingerprint density at radius 2 is 2.32 bits per heavy atom. The Morgan fingerprint density at radius 1 is 1.58 bits per heavy atom. The SMILES string of the molecule is C[C@@H](O)[C@@H]1CCCN(C(=O)c2cccc(Br)c2Cl)C1. The summed E-state index contributed by atoms with van der Waals surface area (Å²) in [4.78, 5) is 14.3. The molecule has 1 aromatic rings. The van der Waals surface area contributed by atoms with Gasteiger partial charge in [0.05, 0.1) is 16.7 Å². The van der Waals surface area contributed by atoms with E-state index < -0.39 is 0 Å². The van der Waals surface area contributed by atoms with E-state index in [0.29, 0.717) is 17.1 Å². The van der Waals surface area contributed by atoms with Crippen LogP contribution in [0.4, 0.5) is 0 Å². The molecule has 1 fully saturated rings. The van der Waals surface area contributed by atoms with Crippen molar-refractivity contribution in [1.82, 2.24) is 4.90 Å². The Hall–Kier alpha value is -0.580. The first-order chi connectivity index (χ1) is 9.00. The summed E-state index contributed by atoms with van der Waals surface area (Å²) in [6.45, 7) is 3.11. The topological polar surface area (TPSA) is 40.5 Å². The van der Waals surface area contributed by atoms with E-state index in [2.05, 4.69) is 15.9 Å². The zero-order valence-corrected chi connectivity index (χ0v) is 13.1. The monoisotopic (exact) mass is 345 g/mol. The van der Waals surface area contributed by atoms with E-state index in [0.717, 1.165) is 23.9 Å². The highest BCUT2D eigenvalue weighted by molar-refractivity contribution is 9.10. The van der Waals surface area contributed by atoms with Crippen LogP contribution in [0.5, 0.6) is 0 Å². The molecule has 1 saturated heterocycles. The Morgan fingerprint density at radius 3 is 3.00 bits per heavy atom. The third kappa shape index (κ3) is 3.30. The smallest absolute Gasteiger partial charge is 0.255 e. The Kier molecular flexibility index (Phi) is 4.87. The van der Waals surface area contributed by atoms with Crippen molar-refractivity contribution in [3.05, 3.63) is 33.3 Å². The van der Waals surface area contributed by atoms with Crippen molar-refractivity contribution in [3.63, 3.8) is 0 Å². The van der Waals surface area contributed by atoms with Crippen LogP contribution in [0.1, 0.15) is 30.1 Å². The van der Waals surface area contributed by atoms with Gasteiger partial charge in [-0.25, -0.2) is 0 Å². The molecule has 1 heterocycles. The Bertz CT molecular complexity index is 479. The number of aliphatic hydroxyl groups is 1. The second-order valence-corrected chi connectivity index (χ2v) is 6.23. The summed E-state index contributed by atoms with van der Waals surface area (Å²) < 4.78 is 0.726. The molecule has 0 radical (unpaired) electrons. The number of hydrogen-bond acceptors (Lipinski definition) is 2. The molecule has 0 bridgehead atoms. The minimum absolute atomic E-state index is 0.0587. The van der Waals surface area contributed by atoms with Gasteiger partial charge in [0.1, 0.15) is 0 Å². The largest absolute Gasteiger partial charge is 0.393 e. The van der Waals surface area contributed by atoms with Crippen LogP contribution in [-0.4, -0.2) is 35.1 Å². The van der Waals surface area contributed by atoms with Gasteiger partial charge in [0.25, 0.3) is 5.91 Å². The number of aliphatic hydroxyl groups excluding tert-OH is 1. The van der Waals surface area contributed by atoms with Crippen LogP contribution in [0.2, 0.25) is 5.02 Å². The first-order valence-electron chi connectivity index (χ1n) is 6.42. The van der Waals surface area contributed by atoms with E-state index in [1.165, 1.54) is 0 Å². The van der Waals surface area contributed by atoms with Crippen LogP contribution < -0.4 is 0 Å². The van der Waals surface area contributed by atoms with Crippen LogP contribution in [0.15, 0.2) is 22.7 Å². The maximum atomic E-state index is 12.5. The van der Waals surface area contributed by atoms with E-state index in [-0.39, 0.29) is 17.9 Å². The number of rotatable bonds is 2. The minimum atomic E-state index is -0.381. The second-order valence-electron chi connectivity index (χ2n) is 5.00. The van der Waals surface area contributed by atoms with Crippen molar-refractivity contribution in [3.8, 4) is 0 Å². The average Bonchev–Trinajstić information content (AvgIpc) is 2.41. The number of amides is 1. The number of carbonyl (C=O) groups excluding carboxylic acids is 1. The summed E-state index contributed by atoms with van der Waals surface area (Å²) >= 11 is 9.49. The molecule has 0 unspecified atom stereocenters. The molecule has 19 heavy (non-hydrogen) atoms. The van der Waals surface area contributed by atoms with Gasteiger partial charge >= 0.3 is 0 Å². The molecule has 2 rings (SSSR count). The first kappa shape index (κ1) is 14.8. The molecule has 0 aliphatic carbocycles. The van der Waals surface area contributed by atoms with E-state index in [9.17, 15) is 9.90 Å². The van der Waals surface area contributed by atoms with Crippen molar-refractivity contribution in [1.29, 1.82) is 0 Å². The zero-order chi connectivity index (χ0) is 14.0. The molecule has 0 aromatic heterocycles. The van der Waals surface area contributed by atoms with Gasteiger partial charge in [0.2, 0.25) is 0 Å². The summed E-state index contributed by atoms with van der Waals surface area (Å²) in [5.41, 5.74) is 0.516. The van der Waals surface area contributed by atoms with E-state index >= 15 is 0 Å². The molecule has 0 saturated carbocycles. The number of benzene rings is 1. The molecular formula is C14H17BrClNO2. The lowest BCUT2D eigenvalue weighted by Gasteiger charge is -2.34. The van der Waals surface area contributed by atoms with E-state index in [1.54, 1.807) is 24.0 Å². The van der Waals surface area contributed by atoms with Crippen LogP contribution in [0.3, 0.4) is 0 Å². The van der Waals surface area contributed by atoms with Crippen molar-refractivity contribution in [2.24, 2.45) is 5.92 Å². The molecule has 0 spiro atoms. The number of piperidine rings is 1. The second kappa shape index (κ2) is 6.25. The number of carbonyl (C=O) groups is 1. The van der Waals surface area contributed by atoms with Crippen molar-refractivity contribution in [2.75, 3.05) is 13.1 Å². The van der Waals surface area contributed by atoms with Gasteiger partial charge in [-0.2, -0.15) is 0 Å². The van der Waals surface area contributed by atoms with Gasteiger partial charge in [-0.05, 0) is 47.8 Å². The molecule has 2 atom stereocenters. The van der Waals surface area contributed by atoms with Crippen molar-refractivity contribution < 1.29 is 9.90 Å². The third-order valence-corrected chi connectivity index (χ3v) is 4.91. The number of halogens is 2. The predicted molar refractivity (Wildman–Crippen MR) is 79.5 cm³/mol. The molecule has 1 N–H and O–H groups in total. The lowest BCUT2D eigenvalue weighted by molar-refractivity contribution is 0.0466. The first-order valence-corrected chi connectivity index (χ1v) is 7.59. The summed E-state index contributed by atoms with van der Waals surface area (Å²) in [5.74, 6) is 0.0975. The molecular weight excluding hydrogens is 330 g/mol. The van der Waals surface area contributed by atoms with Crippen molar-refractivity contribution in [2.45, 2.75) is 25.9 Å². The van der Waals surface area contributed by atoms with Gasteiger partial charge in [0.15, 0.2) is 0 Å². The quantitative estimate of drug-likeness (QED) is 0.892. The zero-order valence-electron chi connectivity index (χ0n) is 10.8. The van der Waals surface area contributed by atoms with Gasteiger partial charge in [0, 0.05) is 23.5 Å². The number of nitrogens with zero attached hydrogens (tertiary/aromatic N) is 1. The van der Waals surface area contributed by atoms with Crippen LogP contribution in [-0.2, 0) is 0 Å². The molecule has 1 amide bonds. The maximum absolute atomic E-state index is 12.5. The summed E-state index contributed by atoms with van der Waals surface area (Å²) in [5, 5.41) is 10.1. The number of likely N-dealkylation sites (tertiary alicyclic amines) is 1. The van der Waals surface area contributed by atoms with E-state index in [4.69, 9.17) is 11.6 Å². The van der Waals surface area contributed by atoms with Gasteiger partial charge in [-0.1, -0.05) is 17.7 Å². The molecule has 1 aromatic carbocycles. The van der Waals surface area contributed by atoms with Gasteiger partial charge < -0.3 is 10.0 Å². The number of hydrogen-bond donors (Lipinski definition) is 1. The van der Waals surface area contributed by atoms with Gasteiger partial charge in [-0.3, -0.25) is 4.79 Å². The van der Waals surface area contributed by atoms with Gasteiger partial charge in [-0.15, -0.1) is 0 Å². The molecule has 1 aliphatic heterocycles. The highest BCUT2D eigenvalue weighted by Crippen LogP contribution is 2.28. The highest BCUT2D eigenvalue weighted by Gasteiger charge is 2.28. The molecule has 1 aliphatic rings. The molecule has 3 nitrogen and oxygen atoms in total. The van der Waals surface area contributed by atoms with Crippen molar-refractivity contribution >= 4 is 33.4 Å². The fourth-order valence-electron chi connectivity index (χ4n) is 2.43. The summed E-state index contributed by atoms with van der Waals surface area (Å²) in [7, 11) is 0. The standard InChI is InChI=1S/C14H17BrClNO2/c1-9(18)10-4-3-7-17(8-10)14(19)11-5-2-6-12(15)13(11)16/h2,5-6,9-10,18H,3-4,7-8H2,1H3/t9-,10-/m1/s1. The maximum Gasteiger partial charge on any atom is 0.255 e. The Labute approximate surface area is 126 Å². The van der Waals surface area contributed by atoms with Crippen LogP contribution in [0, 0.1) is 5.92 Å². The minimum Gasteiger partial charge on any atom is -0.393 e. The van der Waals surface area contributed by atoms with Crippen LogP contribution >= 0.6 is 27.5 Å². The molecule has 5 heteroatoms. The fraction of sp³-hybridized carbons (Fsp3) is 0.500. The average molecular weight is 347 g/mol.